The maximum atomic E-state index is 12.8. The maximum absolute atomic E-state index is 12.8. The topological polar surface area (TPSA) is 104 Å². The van der Waals surface area contributed by atoms with E-state index in [1.807, 2.05) is 0 Å². The molecule has 1 aliphatic heterocycles. The fourth-order valence-corrected chi connectivity index (χ4v) is 3.40. The van der Waals surface area contributed by atoms with Crippen molar-refractivity contribution >= 4 is 17.5 Å². The van der Waals surface area contributed by atoms with Gasteiger partial charge >= 0.3 is 29.6 Å². The van der Waals surface area contributed by atoms with Crippen LogP contribution in [0.1, 0.15) is 59.3 Å². The summed E-state index contributed by atoms with van der Waals surface area (Å²) in [6.07, 6.45) is 12.0. The van der Waals surface area contributed by atoms with Gasteiger partial charge in [-0.1, -0.05) is 38.7 Å². The molecule has 0 unspecified atom stereocenters. The summed E-state index contributed by atoms with van der Waals surface area (Å²) in [4.78, 5) is 37.2. The fourth-order valence-electron chi connectivity index (χ4n) is 3.40. The molecule has 7 heteroatoms. The predicted octanol–water partition coefficient (Wildman–Crippen LogP) is -0.399. The minimum Gasteiger partial charge on any atom is -0.545 e. The summed E-state index contributed by atoms with van der Waals surface area (Å²) in [5.41, 5.74) is -2.55. The zero-order chi connectivity index (χ0) is 21.6. The second kappa shape index (κ2) is 11.6. The Morgan fingerprint density at radius 2 is 1.87 bits per heavy atom. The Morgan fingerprint density at radius 1 is 1.20 bits per heavy atom. The van der Waals surface area contributed by atoms with Gasteiger partial charge in [-0.3, -0.25) is 9.59 Å². The zero-order valence-corrected chi connectivity index (χ0v) is 20.1. The van der Waals surface area contributed by atoms with Gasteiger partial charge in [0.1, 0.15) is 12.0 Å². The molecule has 2 aliphatic rings. The van der Waals surface area contributed by atoms with Crippen LogP contribution in [0.25, 0.3) is 0 Å². The Hall–Kier alpha value is -1.73. The molecule has 0 saturated carbocycles. The Bertz CT molecular complexity index is 855. The number of carboxylic acid groups (broad SMARTS) is 1. The number of allylic oxidation sites excluding steroid dienone is 4. The zero-order valence-electron chi connectivity index (χ0n) is 18.1. The van der Waals surface area contributed by atoms with E-state index in [0.29, 0.717) is 17.8 Å². The number of carboxylic acids is 1. The monoisotopic (exact) mass is 422 g/mol. The number of fused-ring (bicyclic) bond motifs is 1. The van der Waals surface area contributed by atoms with E-state index in [0.717, 1.165) is 25.7 Å². The summed E-state index contributed by atoms with van der Waals surface area (Å²) in [6.45, 7) is 5.06. The van der Waals surface area contributed by atoms with Crippen molar-refractivity contribution in [2.45, 2.75) is 64.9 Å². The quantitative estimate of drug-likeness (QED) is 0.178. The van der Waals surface area contributed by atoms with Crippen molar-refractivity contribution in [2.24, 2.45) is 0 Å². The van der Waals surface area contributed by atoms with Crippen molar-refractivity contribution in [3.63, 3.8) is 0 Å². The first-order valence-electron chi connectivity index (χ1n) is 9.93. The summed E-state index contributed by atoms with van der Waals surface area (Å²) in [7, 11) is 0. The van der Waals surface area contributed by atoms with Crippen LogP contribution in [0.3, 0.4) is 0 Å². The second-order valence-corrected chi connectivity index (χ2v) is 7.36. The minimum absolute atomic E-state index is 0. The van der Waals surface area contributed by atoms with Gasteiger partial charge in [0.05, 0.1) is 11.5 Å². The molecule has 30 heavy (non-hydrogen) atoms. The van der Waals surface area contributed by atoms with Crippen LogP contribution in [0, 0.1) is 0 Å². The Morgan fingerprint density at radius 3 is 2.47 bits per heavy atom. The van der Waals surface area contributed by atoms with Gasteiger partial charge in [0.15, 0.2) is 11.4 Å². The molecule has 0 amide bonds. The summed E-state index contributed by atoms with van der Waals surface area (Å²) in [5, 5.41) is 22.6. The predicted molar refractivity (Wildman–Crippen MR) is 106 cm³/mol. The van der Waals surface area contributed by atoms with Crippen molar-refractivity contribution in [3.8, 4) is 0 Å². The van der Waals surface area contributed by atoms with E-state index in [2.05, 4.69) is 6.92 Å². The van der Waals surface area contributed by atoms with E-state index in [9.17, 15) is 24.6 Å². The van der Waals surface area contributed by atoms with Crippen molar-refractivity contribution in [3.05, 3.63) is 58.6 Å². The number of hydrogen-bond donors (Lipinski definition) is 1. The second-order valence-electron chi connectivity index (χ2n) is 7.36. The van der Waals surface area contributed by atoms with Gasteiger partial charge in [-0.15, -0.1) is 0 Å². The molecular weight excluding hydrogens is 395 g/mol. The average molecular weight is 422 g/mol. The van der Waals surface area contributed by atoms with Crippen molar-refractivity contribution in [1.29, 1.82) is 0 Å². The van der Waals surface area contributed by atoms with E-state index in [1.165, 1.54) is 19.3 Å². The van der Waals surface area contributed by atoms with Gasteiger partial charge in [-0.25, -0.2) is 0 Å². The molecule has 0 spiro atoms. The average Bonchev–Trinajstić information content (AvgIpc) is 2.66. The number of aliphatic carboxylic acids is 1. The number of carbonyl (C=O) groups excluding carboxylic acids is 3. The molecule has 0 aromatic carbocycles. The van der Waals surface area contributed by atoms with Crippen molar-refractivity contribution in [1.82, 2.24) is 0 Å². The summed E-state index contributed by atoms with van der Waals surface area (Å²) >= 11 is 0. The molecule has 0 fully saturated rings. The number of ether oxygens (including phenoxy) is 1. The third kappa shape index (κ3) is 5.91. The third-order valence-electron chi connectivity index (χ3n) is 5.02. The van der Waals surface area contributed by atoms with E-state index < -0.39 is 28.7 Å². The summed E-state index contributed by atoms with van der Waals surface area (Å²) in [5.74, 6) is -2.61. The molecule has 0 bridgehead atoms. The maximum Gasteiger partial charge on any atom is 1.00 e. The summed E-state index contributed by atoms with van der Waals surface area (Å²) < 4.78 is 5.36. The Balaban J connectivity index is 0.00000450. The number of hydrogen-bond acceptors (Lipinski definition) is 6. The third-order valence-corrected chi connectivity index (χ3v) is 5.02. The first-order valence-corrected chi connectivity index (χ1v) is 9.93. The number of aliphatic hydroxyl groups is 1. The molecule has 2 rings (SSSR count). The van der Waals surface area contributed by atoms with E-state index in [-0.39, 0.29) is 47.1 Å². The van der Waals surface area contributed by atoms with Gasteiger partial charge in [-0.05, 0) is 44.1 Å². The summed E-state index contributed by atoms with van der Waals surface area (Å²) in [6, 6.07) is 0. The standard InChI is InChI=1S/C23H28O6.Na/c1-4-6-7-8-9-11-19(24)20(22(26)27)18-13-15-12-16(10-5-2)29-14-17(15)21(25)23(18,3)28;/h5,10,12-14,28H,4,6-9,11H2,1-3H3,(H,26,27);/q;+1/p-1/b10-5+,20-18-;/t23-;/m1./s1. The Kier molecular flexibility index (Phi) is 10.2. The molecule has 0 aromatic heterocycles. The van der Waals surface area contributed by atoms with E-state index in [1.54, 1.807) is 25.2 Å². The molecule has 6 nitrogen and oxygen atoms in total. The van der Waals surface area contributed by atoms with Crippen LogP contribution in [0.15, 0.2) is 58.6 Å². The van der Waals surface area contributed by atoms with Gasteiger partial charge < -0.3 is 19.7 Å². The number of unbranched alkanes of at least 4 members (excludes halogenated alkanes) is 4. The molecule has 156 valence electrons. The molecule has 1 N–H and O–H groups in total. The fraction of sp³-hybridized carbons (Fsp3) is 0.435. The number of ketones is 2. The van der Waals surface area contributed by atoms with Crippen molar-refractivity contribution in [2.75, 3.05) is 0 Å². The minimum atomic E-state index is -2.17. The smallest absolute Gasteiger partial charge is 0.545 e. The number of rotatable bonds is 9. The molecule has 0 radical (unpaired) electrons. The number of Topliss-reactive ketones (excluding diaryl/α,β-unsaturated/α-hetero) is 2. The molecule has 0 aromatic rings. The SMILES string of the molecule is C/C=C/C1=CC2=C/C(=C(/C(=O)[O-])C(=O)CCCCCCC)[C@@](C)(O)C(=O)C2=CO1.[Na+]. The van der Waals surface area contributed by atoms with Gasteiger partial charge in [0.2, 0.25) is 5.78 Å². The van der Waals surface area contributed by atoms with Crippen LogP contribution in [-0.2, 0) is 19.1 Å². The van der Waals surface area contributed by atoms with Crippen LogP contribution in [0.2, 0.25) is 0 Å². The first kappa shape index (κ1) is 26.3. The molecule has 1 heterocycles. The van der Waals surface area contributed by atoms with Crippen LogP contribution in [0.5, 0.6) is 0 Å². The Labute approximate surface area is 199 Å². The van der Waals surface area contributed by atoms with E-state index >= 15 is 0 Å². The molecule has 1 aliphatic carbocycles. The molecule has 1 atom stereocenters. The van der Waals surface area contributed by atoms with Crippen LogP contribution in [0.4, 0.5) is 0 Å². The van der Waals surface area contributed by atoms with Crippen LogP contribution >= 0.6 is 0 Å². The van der Waals surface area contributed by atoms with Gasteiger partial charge in [0.25, 0.3) is 0 Å². The van der Waals surface area contributed by atoms with Gasteiger partial charge in [-0.2, -0.15) is 0 Å². The number of carbonyl (C=O) groups is 3. The largest absolute Gasteiger partial charge is 1.00 e. The van der Waals surface area contributed by atoms with Gasteiger partial charge in [0, 0.05) is 17.6 Å². The van der Waals surface area contributed by atoms with Crippen LogP contribution < -0.4 is 34.7 Å². The molecule has 0 saturated heterocycles. The molecular formula is C23H27NaO6. The van der Waals surface area contributed by atoms with Crippen molar-refractivity contribution < 1.29 is 58.9 Å². The first-order chi connectivity index (χ1) is 13.7. The van der Waals surface area contributed by atoms with Crippen LogP contribution in [-0.4, -0.2) is 28.2 Å². The van der Waals surface area contributed by atoms with E-state index in [4.69, 9.17) is 4.74 Å². The normalized spacial score (nSPS) is 22.3.